The number of rotatable bonds is 8. The summed E-state index contributed by atoms with van der Waals surface area (Å²) in [6, 6.07) is 23.6. The zero-order chi connectivity index (χ0) is 27.2. The summed E-state index contributed by atoms with van der Waals surface area (Å²) in [6.07, 6.45) is 8.98. The Balaban J connectivity index is 1.39. The standard InChI is InChI=1S/C31H31N3O4S/c1-38-28-16-11-25(12-17-28)31-26(23-34(32-31)27-9-5-4-6-10-27)15-20-30(35)24-13-18-29(19-14-24)39(36,37)33-21-7-2-3-8-22-33/h4-6,9-20,23H,2-3,7-8,21-22H2,1H3. The summed E-state index contributed by atoms with van der Waals surface area (Å²) in [5, 5.41) is 4.79. The van der Waals surface area contributed by atoms with Gasteiger partial charge in [0.05, 0.1) is 23.4 Å². The minimum Gasteiger partial charge on any atom is -0.497 e. The van der Waals surface area contributed by atoms with Gasteiger partial charge in [0.15, 0.2) is 5.78 Å². The van der Waals surface area contributed by atoms with E-state index in [-0.39, 0.29) is 10.7 Å². The molecule has 0 radical (unpaired) electrons. The zero-order valence-electron chi connectivity index (χ0n) is 21.9. The largest absolute Gasteiger partial charge is 0.497 e. The summed E-state index contributed by atoms with van der Waals surface area (Å²) in [4.78, 5) is 13.3. The minimum absolute atomic E-state index is 0.218. The van der Waals surface area contributed by atoms with E-state index in [0.717, 1.165) is 53.9 Å². The van der Waals surface area contributed by atoms with Gasteiger partial charge in [-0.15, -0.1) is 0 Å². The van der Waals surface area contributed by atoms with Crippen LogP contribution in [0, 0.1) is 0 Å². The zero-order valence-corrected chi connectivity index (χ0v) is 22.7. The van der Waals surface area contributed by atoms with Crippen LogP contribution in [-0.2, 0) is 10.0 Å². The van der Waals surface area contributed by atoms with Crippen LogP contribution in [0.1, 0.15) is 41.6 Å². The van der Waals surface area contributed by atoms with Gasteiger partial charge in [0.2, 0.25) is 10.0 Å². The van der Waals surface area contributed by atoms with E-state index in [1.807, 2.05) is 60.8 Å². The molecular formula is C31H31N3O4S. The highest BCUT2D eigenvalue weighted by molar-refractivity contribution is 7.89. The molecule has 8 heteroatoms. The second-order valence-electron chi connectivity index (χ2n) is 9.48. The number of carbonyl (C=O) groups is 1. The maximum absolute atomic E-state index is 13.1. The molecule has 200 valence electrons. The Morgan fingerprint density at radius 3 is 2.18 bits per heavy atom. The van der Waals surface area contributed by atoms with Gasteiger partial charge >= 0.3 is 0 Å². The lowest BCUT2D eigenvalue weighted by molar-refractivity contribution is 0.104. The van der Waals surface area contributed by atoms with Gasteiger partial charge < -0.3 is 4.74 Å². The lowest BCUT2D eigenvalue weighted by atomic mass is 10.1. The second kappa shape index (κ2) is 11.8. The number of para-hydroxylation sites is 1. The van der Waals surface area contributed by atoms with Crippen molar-refractivity contribution in [2.45, 2.75) is 30.6 Å². The third-order valence-corrected chi connectivity index (χ3v) is 8.80. The number of aromatic nitrogens is 2. The summed E-state index contributed by atoms with van der Waals surface area (Å²) >= 11 is 0. The first kappa shape index (κ1) is 26.6. The molecule has 1 fully saturated rings. The fourth-order valence-corrected chi connectivity index (χ4v) is 6.20. The Morgan fingerprint density at radius 2 is 1.54 bits per heavy atom. The van der Waals surface area contributed by atoms with E-state index in [0.29, 0.717) is 18.7 Å². The Bertz CT molecular complexity index is 1550. The average molecular weight is 542 g/mol. The van der Waals surface area contributed by atoms with Gasteiger partial charge in [-0.3, -0.25) is 4.79 Å². The van der Waals surface area contributed by atoms with E-state index < -0.39 is 10.0 Å². The van der Waals surface area contributed by atoms with E-state index in [4.69, 9.17) is 9.84 Å². The summed E-state index contributed by atoms with van der Waals surface area (Å²) in [5.41, 5.74) is 3.71. The van der Waals surface area contributed by atoms with Crippen LogP contribution in [0.25, 0.3) is 23.0 Å². The summed E-state index contributed by atoms with van der Waals surface area (Å²) in [7, 11) is -1.94. The normalized spacial score (nSPS) is 14.8. The molecule has 0 atom stereocenters. The van der Waals surface area contributed by atoms with Crippen molar-refractivity contribution in [3.63, 3.8) is 0 Å². The SMILES string of the molecule is COc1ccc(-c2nn(-c3ccccc3)cc2C=CC(=O)c2ccc(S(=O)(=O)N3CCCCCC3)cc2)cc1. The quantitative estimate of drug-likeness (QED) is 0.202. The fourth-order valence-electron chi connectivity index (χ4n) is 4.68. The number of hydrogen-bond donors (Lipinski definition) is 0. The van der Waals surface area contributed by atoms with Crippen LogP contribution in [0.5, 0.6) is 5.75 Å². The molecule has 0 saturated carbocycles. The van der Waals surface area contributed by atoms with Crippen LogP contribution in [0.15, 0.2) is 96.0 Å². The first-order valence-corrected chi connectivity index (χ1v) is 14.5. The average Bonchev–Trinajstić information content (AvgIpc) is 3.20. The van der Waals surface area contributed by atoms with Crippen molar-refractivity contribution in [2.24, 2.45) is 0 Å². The number of ether oxygens (including phenoxy) is 1. The van der Waals surface area contributed by atoms with E-state index in [1.165, 1.54) is 18.2 Å². The minimum atomic E-state index is -3.56. The molecule has 0 amide bonds. The maximum atomic E-state index is 13.1. The van der Waals surface area contributed by atoms with Crippen LogP contribution in [0.2, 0.25) is 0 Å². The molecule has 0 unspecified atom stereocenters. The van der Waals surface area contributed by atoms with Crippen molar-refractivity contribution in [1.29, 1.82) is 0 Å². The van der Waals surface area contributed by atoms with Gasteiger partial charge in [0.25, 0.3) is 0 Å². The Hall–Kier alpha value is -4.01. The Morgan fingerprint density at radius 1 is 0.872 bits per heavy atom. The molecule has 0 spiro atoms. The number of sulfonamides is 1. The van der Waals surface area contributed by atoms with Crippen LogP contribution < -0.4 is 4.74 Å². The van der Waals surface area contributed by atoms with Crippen molar-refractivity contribution >= 4 is 21.9 Å². The number of carbonyl (C=O) groups excluding carboxylic acids is 1. The second-order valence-corrected chi connectivity index (χ2v) is 11.4. The smallest absolute Gasteiger partial charge is 0.243 e. The molecule has 5 rings (SSSR count). The fraction of sp³-hybridized carbons (Fsp3) is 0.226. The molecule has 4 aromatic rings. The highest BCUT2D eigenvalue weighted by atomic mass is 32.2. The molecule has 0 N–H and O–H groups in total. The first-order valence-electron chi connectivity index (χ1n) is 13.1. The van der Waals surface area contributed by atoms with Crippen molar-refractivity contribution in [1.82, 2.24) is 14.1 Å². The third kappa shape index (κ3) is 6.02. The van der Waals surface area contributed by atoms with Crippen LogP contribution >= 0.6 is 0 Å². The number of ketones is 1. The van der Waals surface area contributed by atoms with Gasteiger partial charge in [-0.2, -0.15) is 9.40 Å². The predicted molar refractivity (Wildman–Crippen MR) is 153 cm³/mol. The third-order valence-electron chi connectivity index (χ3n) is 6.88. The highest BCUT2D eigenvalue weighted by Crippen LogP contribution is 2.27. The van der Waals surface area contributed by atoms with Gasteiger partial charge in [-0.25, -0.2) is 13.1 Å². The van der Waals surface area contributed by atoms with Gasteiger partial charge in [0.1, 0.15) is 5.75 Å². The summed E-state index contributed by atoms with van der Waals surface area (Å²) < 4.78 is 34.8. The van der Waals surface area contributed by atoms with Crippen LogP contribution in [-0.4, -0.2) is 48.5 Å². The molecule has 1 aliphatic heterocycles. The van der Waals surface area contributed by atoms with E-state index in [9.17, 15) is 13.2 Å². The molecule has 1 saturated heterocycles. The molecule has 7 nitrogen and oxygen atoms in total. The van der Waals surface area contributed by atoms with Crippen molar-refractivity contribution in [2.75, 3.05) is 20.2 Å². The van der Waals surface area contributed by atoms with Gasteiger partial charge in [-0.05, 0) is 85.7 Å². The number of methoxy groups -OCH3 is 1. The first-order chi connectivity index (χ1) is 19.0. The van der Waals surface area contributed by atoms with Crippen molar-refractivity contribution in [3.8, 4) is 22.7 Å². The molecular weight excluding hydrogens is 510 g/mol. The van der Waals surface area contributed by atoms with E-state index in [2.05, 4.69) is 0 Å². The summed E-state index contributed by atoms with van der Waals surface area (Å²) in [5.74, 6) is 0.525. The van der Waals surface area contributed by atoms with Gasteiger partial charge in [-0.1, -0.05) is 31.0 Å². The van der Waals surface area contributed by atoms with Crippen LogP contribution in [0.3, 0.4) is 0 Å². The molecule has 1 aliphatic rings. The molecule has 0 bridgehead atoms. The van der Waals surface area contributed by atoms with E-state index >= 15 is 0 Å². The molecule has 0 aliphatic carbocycles. The monoisotopic (exact) mass is 541 g/mol. The topological polar surface area (TPSA) is 81.5 Å². The van der Waals surface area contributed by atoms with Gasteiger partial charge in [0, 0.05) is 36.0 Å². The molecule has 1 aromatic heterocycles. The van der Waals surface area contributed by atoms with E-state index in [1.54, 1.807) is 34.3 Å². The Labute approximate surface area is 229 Å². The van der Waals surface area contributed by atoms with Crippen molar-refractivity contribution < 1.29 is 17.9 Å². The predicted octanol–water partition coefficient (Wildman–Crippen LogP) is 6.01. The number of hydrogen-bond acceptors (Lipinski definition) is 5. The van der Waals surface area contributed by atoms with Crippen LogP contribution in [0.4, 0.5) is 0 Å². The van der Waals surface area contributed by atoms with Crippen molar-refractivity contribution in [3.05, 3.63) is 102 Å². The highest BCUT2D eigenvalue weighted by Gasteiger charge is 2.25. The number of benzene rings is 3. The summed E-state index contributed by atoms with van der Waals surface area (Å²) in [6.45, 7) is 1.08. The Kier molecular flexibility index (Phi) is 8.05. The number of nitrogens with zero attached hydrogens (tertiary/aromatic N) is 3. The molecule has 39 heavy (non-hydrogen) atoms. The maximum Gasteiger partial charge on any atom is 0.243 e. The lowest BCUT2D eigenvalue weighted by Gasteiger charge is -2.19. The molecule has 2 heterocycles. The lowest BCUT2D eigenvalue weighted by Crippen LogP contribution is -2.31. The number of allylic oxidation sites excluding steroid dienone is 1. The molecule has 3 aromatic carbocycles.